The van der Waals surface area contributed by atoms with Gasteiger partial charge in [-0.1, -0.05) is 17.7 Å². The van der Waals surface area contributed by atoms with Crippen molar-refractivity contribution in [3.8, 4) is 17.2 Å². The number of pyridine rings is 1. The summed E-state index contributed by atoms with van der Waals surface area (Å²) in [4.78, 5) is 3.84. The average Bonchev–Trinajstić information content (AvgIpc) is 2.52. The third-order valence-corrected chi connectivity index (χ3v) is 3.57. The lowest BCUT2D eigenvalue weighted by Gasteiger charge is -2.18. The molecule has 1 heterocycles. The minimum absolute atomic E-state index is 0. The summed E-state index contributed by atoms with van der Waals surface area (Å²) in [6, 6.07) is 6.70. The summed E-state index contributed by atoms with van der Waals surface area (Å²) in [5.74, 6) is -0.622. The molecule has 1 aromatic carbocycles. The first-order chi connectivity index (χ1) is 10.9. The van der Waals surface area contributed by atoms with Crippen LogP contribution < -0.4 is 0 Å². The molecule has 0 aliphatic carbocycles. The van der Waals surface area contributed by atoms with Crippen molar-refractivity contribution in [2.24, 2.45) is 0 Å². The van der Waals surface area contributed by atoms with Gasteiger partial charge in [-0.2, -0.15) is 5.26 Å². The molecule has 0 amide bonds. The van der Waals surface area contributed by atoms with E-state index in [0.717, 1.165) is 6.20 Å². The van der Waals surface area contributed by atoms with Gasteiger partial charge in [0.1, 0.15) is 18.0 Å². The molecule has 0 saturated carbocycles. The Morgan fingerprint density at radius 2 is 2.08 bits per heavy atom. The topological polar surface area (TPSA) is 66.1 Å². The van der Waals surface area contributed by atoms with Crippen LogP contribution in [-0.4, -0.2) is 22.8 Å². The summed E-state index contributed by atoms with van der Waals surface area (Å²) in [6.45, 7) is 3.63. The van der Waals surface area contributed by atoms with Crippen LogP contribution in [0.5, 0.6) is 0 Å². The van der Waals surface area contributed by atoms with Crippen molar-refractivity contribution in [3.05, 3.63) is 52.6 Å². The minimum Gasteiger partial charge on any atom is -0.386 e. The zero-order valence-electron chi connectivity index (χ0n) is 13.2. The van der Waals surface area contributed by atoms with E-state index >= 15 is 0 Å². The van der Waals surface area contributed by atoms with Crippen LogP contribution in [0.15, 0.2) is 30.6 Å². The van der Waals surface area contributed by atoms with Crippen LogP contribution in [-0.2, 0) is 4.74 Å². The van der Waals surface area contributed by atoms with Crippen LogP contribution >= 0.6 is 24.0 Å². The molecule has 7 heteroatoms. The van der Waals surface area contributed by atoms with Gasteiger partial charge in [0.15, 0.2) is 0 Å². The molecule has 1 aromatic heterocycles. The molecule has 0 bridgehead atoms. The first-order valence-corrected chi connectivity index (χ1v) is 7.45. The van der Waals surface area contributed by atoms with E-state index in [1.165, 1.54) is 6.20 Å². The second-order valence-corrected chi connectivity index (χ2v) is 5.69. The Balaban J connectivity index is 0.00000288. The molecule has 0 aliphatic rings. The third-order valence-electron chi connectivity index (χ3n) is 3.26. The Kier molecular flexibility index (Phi) is 7.59. The Bertz CT molecular complexity index is 748. The van der Waals surface area contributed by atoms with Crippen molar-refractivity contribution in [2.75, 3.05) is 6.61 Å². The van der Waals surface area contributed by atoms with Crippen LogP contribution in [0.2, 0.25) is 5.02 Å². The zero-order valence-corrected chi connectivity index (χ0v) is 14.7. The van der Waals surface area contributed by atoms with Gasteiger partial charge in [-0.15, -0.1) is 12.4 Å². The normalized spacial score (nSPS) is 11.7. The lowest BCUT2D eigenvalue weighted by atomic mass is 9.97. The van der Waals surface area contributed by atoms with Crippen molar-refractivity contribution in [1.82, 2.24) is 4.98 Å². The van der Waals surface area contributed by atoms with Gasteiger partial charge in [-0.25, -0.2) is 4.39 Å². The van der Waals surface area contributed by atoms with Crippen molar-refractivity contribution in [3.63, 3.8) is 0 Å². The number of rotatable bonds is 5. The molecule has 2 aromatic rings. The molecule has 4 nitrogen and oxygen atoms in total. The smallest absolute Gasteiger partial charge is 0.147 e. The summed E-state index contributed by atoms with van der Waals surface area (Å²) < 4.78 is 19.6. The average molecular weight is 371 g/mol. The lowest BCUT2D eigenvalue weighted by molar-refractivity contribution is 0.00378. The van der Waals surface area contributed by atoms with E-state index in [-0.39, 0.29) is 35.7 Å². The van der Waals surface area contributed by atoms with Crippen LogP contribution in [0.1, 0.15) is 31.1 Å². The highest BCUT2D eigenvalue weighted by Crippen LogP contribution is 2.32. The molecule has 0 fully saturated rings. The van der Waals surface area contributed by atoms with Gasteiger partial charge in [-0.3, -0.25) is 4.98 Å². The summed E-state index contributed by atoms with van der Waals surface area (Å²) >= 11 is 6.03. The SMILES string of the molecule is CC(C)OCC(O)c1c(F)cncc1-c1ccc(C#N)c(Cl)c1.Cl. The third kappa shape index (κ3) is 4.65. The van der Waals surface area contributed by atoms with E-state index in [1.807, 2.05) is 19.9 Å². The number of benzene rings is 1. The summed E-state index contributed by atoms with van der Waals surface area (Å²) in [7, 11) is 0. The van der Waals surface area contributed by atoms with Gasteiger partial charge in [-0.05, 0) is 31.5 Å². The van der Waals surface area contributed by atoms with Crippen LogP contribution in [0.4, 0.5) is 4.39 Å². The lowest BCUT2D eigenvalue weighted by Crippen LogP contribution is -2.14. The fourth-order valence-corrected chi connectivity index (χ4v) is 2.38. The molecule has 128 valence electrons. The molecule has 0 saturated heterocycles. The molecule has 0 spiro atoms. The quantitative estimate of drug-likeness (QED) is 0.852. The molecule has 2 rings (SSSR count). The maximum absolute atomic E-state index is 14.2. The van der Waals surface area contributed by atoms with Crippen LogP contribution in [0.3, 0.4) is 0 Å². The summed E-state index contributed by atoms with van der Waals surface area (Å²) in [5.41, 5.74) is 1.40. The second-order valence-electron chi connectivity index (χ2n) is 5.29. The molecular weight excluding hydrogens is 354 g/mol. The Morgan fingerprint density at radius 1 is 1.38 bits per heavy atom. The maximum Gasteiger partial charge on any atom is 0.147 e. The van der Waals surface area contributed by atoms with Gasteiger partial charge >= 0.3 is 0 Å². The van der Waals surface area contributed by atoms with Gasteiger partial charge < -0.3 is 9.84 Å². The number of hydrogen-bond donors (Lipinski definition) is 1. The van der Waals surface area contributed by atoms with Crippen LogP contribution in [0, 0.1) is 17.1 Å². The number of aliphatic hydroxyl groups is 1. The Hall–Kier alpha value is -1.71. The van der Waals surface area contributed by atoms with E-state index in [2.05, 4.69) is 4.98 Å². The highest BCUT2D eigenvalue weighted by atomic mass is 35.5. The molecular formula is C17H17Cl2FN2O2. The van der Waals surface area contributed by atoms with Gasteiger partial charge in [0, 0.05) is 17.3 Å². The predicted octanol–water partition coefficient (Wildman–Crippen LogP) is 4.29. The number of aromatic nitrogens is 1. The second kappa shape index (κ2) is 8.95. The first kappa shape index (κ1) is 20.3. The van der Waals surface area contributed by atoms with Crippen molar-refractivity contribution < 1.29 is 14.2 Å². The monoisotopic (exact) mass is 370 g/mol. The van der Waals surface area contributed by atoms with Gasteiger partial charge in [0.2, 0.25) is 0 Å². The highest BCUT2D eigenvalue weighted by molar-refractivity contribution is 6.32. The van der Waals surface area contributed by atoms with Crippen LogP contribution in [0.25, 0.3) is 11.1 Å². The van der Waals surface area contributed by atoms with E-state index < -0.39 is 11.9 Å². The standard InChI is InChI=1S/C17H16ClFN2O2.ClH/c1-10(2)23-9-16(22)17-13(7-21-8-15(17)19)11-3-4-12(6-20)14(18)5-11;/h3-5,7-8,10,16,22H,9H2,1-2H3;1H. The van der Waals surface area contributed by atoms with Gasteiger partial charge in [0.25, 0.3) is 0 Å². The minimum atomic E-state index is -1.13. The zero-order chi connectivity index (χ0) is 17.0. The number of nitriles is 1. The predicted molar refractivity (Wildman–Crippen MR) is 92.7 cm³/mol. The maximum atomic E-state index is 14.2. The van der Waals surface area contributed by atoms with E-state index in [4.69, 9.17) is 21.6 Å². The summed E-state index contributed by atoms with van der Waals surface area (Å²) in [5, 5.41) is 19.5. The molecule has 0 aliphatic heterocycles. The fourth-order valence-electron chi connectivity index (χ4n) is 2.15. The molecule has 1 unspecified atom stereocenters. The number of aliphatic hydroxyl groups excluding tert-OH is 1. The number of nitrogens with zero attached hydrogens (tertiary/aromatic N) is 2. The van der Waals surface area contributed by atoms with Crippen molar-refractivity contribution >= 4 is 24.0 Å². The highest BCUT2D eigenvalue weighted by Gasteiger charge is 2.20. The molecule has 1 atom stereocenters. The van der Waals surface area contributed by atoms with E-state index in [9.17, 15) is 9.50 Å². The first-order valence-electron chi connectivity index (χ1n) is 7.07. The number of hydrogen-bond acceptors (Lipinski definition) is 4. The van der Waals surface area contributed by atoms with Crippen molar-refractivity contribution in [2.45, 2.75) is 26.1 Å². The largest absolute Gasteiger partial charge is 0.386 e. The fraction of sp³-hybridized carbons (Fsp3) is 0.294. The Labute approximate surface area is 151 Å². The summed E-state index contributed by atoms with van der Waals surface area (Å²) in [6.07, 6.45) is 1.28. The van der Waals surface area contributed by atoms with Crippen molar-refractivity contribution in [1.29, 1.82) is 5.26 Å². The Morgan fingerprint density at radius 3 is 2.67 bits per heavy atom. The molecule has 0 radical (unpaired) electrons. The number of ether oxygens (including phenoxy) is 1. The van der Waals surface area contributed by atoms with E-state index in [1.54, 1.807) is 18.2 Å². The number of halogens is 3. The van der Waals surface area contributed by atoms with Gasteiger partial charge in [0.05, 0.1) is 29.5 Å². The molecule has 1 N–H and O–H groups in total. The molecule has 24 heavy (non-hydrogen) atoms. The van der Waals surface area contributed by atoms with E-state index in [0.29, 0.717) is 16.7 Å².